The zero-order valence-corrected chi connectivity index (χ0v) is 11.7. The molecule has 1 unspecified atom stereocenters. The maximum atomic E-state index is 4.35. The molecule has 0 spiro atoms. The van der Waals surface area contributed by atoms with Crippen molar-refractivity contribution < 1.29 is 0 Å². The maximum Gasteiger partial charge on any atom is 0.0700 e. The minimum absolute atomic E-state index is 0.171. The number of hydrogen-bond donors (Lipinski definition) is 1. The summed E-state index contributed by atoms with van der Waals surface area (Å²) in [6, 6.07) is 0.300. The predicted molar refractivity (Wildman–Crippen MR) is 66.9 cm³/mol. The molecule has 0 bridgehead atoms. The lowest BCUT2D eigenvalue weighted by molar-refractivity contribution is 0.271. The van der Waals surface area contributed by atoms with Crippen molar-refractivity contribution in [1.29, 1.82) is 0 Å². The van der Waals surface area contributed by atoms with E-state index in [4.69, 9.17) is 0 Å². The first-order chi connectivity index (χ1) is 6.91. The van der Waals surface area contributed by atoms with Gasteiger partial charge in [-0.15, -0.1) is 0 Å². The van der Waals surface area contributed by atoms with Gasteiger partial charge in [-0.1, -0.05) is 20.8 Å². The molecule has 1 aromatic rings. The van der Waals surface area contributed by atoms with Gasteiger partial charge in [0.25, 0.3) is 0 Å². The quantitative estimate of drug-likeness (QED) is 0.918. The van der Waals surface area contributed by atoms with E-state index in [0.717, 1.165) is 11.0 Å². The number of nitrogens with zero attached hydrogens (tertiary/aromatic N) is 2. The number of hydrogen-bond acceptors (Lipinski definition) is 2. The molecule has 0 aliphatic carbocycles. The standard InChI is InChI=1S/C11H20BrN3/c1-6-15-9(8(12)7-14-15)10(13-5)11(2,3)4/h7,10,13H,6H2,1-5H3. The number of rotatable bonds is 3. The summed E-state index contributed by atoms with van der Waals surface area (Å²) in [4.78, 5) is 0. The molecule has 1 aromatic heterocycles. The Bertz CT molecular complexity index is 325. The van der Waals surface area contributed by atoms with Gasteiger partial charge in [0.1, 0.15) is 0 Å². The molecule has 1 heterocycles. The Hall–Kier alpha value is -0.350. The lowest BCUT2D eigenvalue weighted by Crippen LogP contribution is -2.32. The van der Waals surface area contributed by atoms with Crippen molar-refractivity contribution in [2.45, 2.75) is 40.3 Å². The van der Waals surface area contributed by atoms with Gasteiger partial charge in [0.05, 0.1) is 22.4 Å². The molecule has 1 N–H and O–H groups in total. The Balaban J connectivity index is 3.16. The van der Waals surface area contributed by atoms with Crippen LogP contribution in [0.3, 0.4) is 0 Å². The number of aromatic nitrogens is 2. The Morgan fingerprint density at radius 3 is 2.53 bits per heavy atom. The van der Waals surface area contributed by atoms with Gasteiger partial charge in [0.15, 0.2) is 0 Å². The second-order valence-corrected chi connectivity index (χ2v) is 5.64. The van der Waals surface area contributed by atoms with E-state index in [0.29, 0.717) is 6.04 Å². The summed E-state index contributed by atoms with van der Waals surface area (Å²) in [5.41, 5.74) is 1.40. The first-order valence-electron chi connectivity index (χ1n) is 5.30. The third kappa shape index (κ3) is 2.61. The minimum Gasteiger partial charge on any atom is -0.311 e. The highest BCUT2D eigenvalue weighted by molar-refractivity contribution is 9.10. The van der Waals surface area contributed by atoms with Gasteiger partial charge in [-0.2, -0.15) is 5.10 Å². The summed E-state index contributed by atoms with van der Waals surface area (Å²) in [6.45, 7) is 9.70. The van der Waals surface area contributed by atoms with Crippen molar-refractivity contribution in [2.75, 3.05) is 7.05 Å². The fourth-order valence-electron chi connectivity index (χ4n) is 1.89. The summed E-state index contributed by atoms with van der Waals surface area (Å²) >= 11 is 3.57. The monoisotopic (exact) mass is 273 g/mol. The molecular formula is C11H20BrN3. The Kier molecular flexibility index (Phi) is 3.95. The highest BCUT2D eigenvalue weighted by Gasteiger charge is 2.29. The van der Waals surface area contributed by atoms with Gasteiger partial charge >= 0.3 is 0 Å². The van der Waals surface area contributed by atoms with E-state index >= 15 is 0 Å². The van der Waals surface area contributed by atoms with Gasteiger partial charge in [-0.25, -0.2) is 0 Å². The second-order valence-electron chi connectivity index (χ2n) is 4.78. The zero-order valence-electron chi connectivity index (χ0n) is 10.1. The van der Waals surface area contributed by atoms with Crippen molar-refractivity contribution >= 4 is 15.9 Å². The Morgan fingerprint density at radius 1 is 1.53 bits per heavy atom. The van der Waals surface area contributed by atoms with Gasteiger partial charge in [0.2, 0.25) is 0 Å². The molecular weight excluding hydrogens is 254 g/mol. The molecule has 86 valence electrons. The normalized spacial score (nSPS) is 14.3. The number of nitrogens with one attached hydrogen (secondary N) is 1. The summed E-state index contributed by atoms with van der Waals surface area (Å²) < 4.78 is 3.12. The first kappa shape index (κ1) is 12.7. The maximum absolute atomic E-state index is 4.35. The fraction of sp³-hybridized carbons (Fsp3) is 0.727. The number of aryl methyl sites for hydroxylation is 1. The topological polar surface area (TPSA) is 29.9 Å². The van der Waals surface area contributed by atoms with E-state index in [2.05, 4.69) is 54.0 Å². The van der Waals surface area contributed by atoms with Gasteiger partial charge in [0, 0.05) is 6.54 Å². The molecule has 0 aliphatic heterocycles. The average molecular weight is 274 g/mol. The van der Waals surface area contributed by atoms with E-state index in [1.807, 2.05) is 17.9 Å². The minimum atomic E-state index is 0.171. The van der Waals surface area contributed by atoms with Crippen molar-refractivity contribution in [3.8, 4) is 0 Å². The van der Waals surface area contributed by atoms with Crippen LogP contribution in [0, 0.1) is 5.41 Å². The summed E-state index contributed by atoms with van der Waals surface area (Å²) in [5, 5.41) is 7.72. The van der Waals surface area contributed by atoms with Crippen molar-refractivity contribution in [3.05, 3.63) is 16.4 Å². The molecule has 0 aromatic carbocycles. The second kappa shape index (κ2) is 4.66. The molecule has 0 amide bonds. The fourth-order valence-corrected chi connectivity index (χ4v) is 2.42. The highest BCUT2D eigenvalue weighted by atomic mass is 79.9. The molecule has 15 heavy (non-hydrogen) atoms. The number of halogens is 1. The van der Waals surface area contributed by atoms with E-state index < -0.39 is 0 Å². The molecule has 4 heteroatoms. The van der Waals surface area contributed by atoms with Gasteiger partial charge < -0.3 is 5.32 Å². The van der Waals surface area contributed by atoms with Crippen molar-refractivity contribution in [3.63, 3.8) is 0 Å². The van der Waals surface area contributed by atoms with Crippen LogP contribution in [0.1, 0.15) is 39.4 Å². The predicted octanol–water partition coefficient (Wildman–Crippen LogP) is 2.97. The van der Waals surface area contributed by atoms with Crippen LogP contribution >= 0.6 is 15.9 Å². The zero-order chi connectivity index (χ0) is 11.6. The smallest absolute Gasteiger partial charge is 0.0700 e. The van der Waals surface area contributed by atoms with Crippen molar-refractivity contribution in [1.82, 2.24) is 15.1 Å². The third-order valence-electron chi connectivity index (χ3n) is 2.56. The Morgan fingerprint density at radius 2 is 2.13 bits per heavy atom. The molecule has 0 fully saturated rings. The van der Waals surface area contributed by atoms with Crippen LogP contribution < -0.4 is 5.32 Å². The van der Waals surface area contributed by atoms with Crippen LogP contribution in [-0.4, -0.2) is 16.8 Å². The van der Waals surface area contributed by atoms with Crippen molar-refractivity contribution in [2.24, 2.45) is 5.41 Å². The highest BCUT2D eigenvalue weighted by Crippen LogP contribution is 2.35. The molecule has 0 saturated carbocycles. The Labute approximate surface area is 100 Å². The van der Waals surface area contributed by atoms with E-state index in [-0.39, 0.29) is 5.41 Å². The molecule has 0 radical (unpaired) electrons. The summed E-state index contributed by atoms with van der Waals surface area (Å²) in [5.74, 6) is 0. The van der Waals surface area contributed by atoms with Crippen LogP contribution in [0.4, 0.5) is 0 Å². The third-order valence-corrected chi connectivity index (χ3v) is 3.17. The summed E-state index contributed by atoms with van der Waals surface area (Å²) in [6.07, 6.45) is 1.87. The molecule has 1 atom stereocenters. The van der Waals surface area contributed by atoms with Crippen LogP contribution in [0.15, 0.2) is 10.7 Å². The molecule has 0 aliphatic rings. The van der Waals surface area contributed by atoms with Crippen LogP contribution in [-0.2, 0) is 6.54 Å². The van der Waals surface area contributed by atoms with Gasteiger partial charge in [-0.3, -0.25) is 4.68 Å². The first-order valence-corrected chi connectivity index (χ1v) is 6.09. The SMILES string of the molecule is CCn1ncc(Br)c1C(NC)C(C)(C)C. The average Bonchev–Trinajstić information content (AvgIpc) is 2.47. The van der Waals surface area contributed by atoms with E-state index in [1.165, 1.54) is 5.69 Å². The van der Waals surface area contributed by atoms with E-state index in [9.17, 15) is 0 Å². The largest absolute Gasteiger partial charge is 0.311 e. The lowest BCUT2D eigenvalue weighted by atomic mass is 9.85. The molecule has 0 saturated heterocycles. The van der Waals surface area contributed by atoms with Gasteiger partial charge in [-0.05, 0) is 35.3 Å². The summed E-state index contributed by atoms with van der Waals surface area (Å²) in [7, 11) is 2.00. The van der Waals surface area contributed by atoms with E-state index in [1.54, 1.807) is 0 Å². The molecule has 1 rings (SSSR count). The van der Waals surface area contributed by atoms with Crippen LogP contribution in [0.2, 0.25) is 0 Å². The lowest BCUT2D eigenvalue weighted by Gasteiger charge is -2.31. The van der Waals surface area contributed by atoms with Crippen LogP contribution in [0.25, 0.3) is 0 Å². The van der Waals surface area contributed by atoms with Crippen LogP contribution in [0.5, 0.6) is 0 Å². The molecule has 3 nitrogen and oxygen atoms in total.